The van der Waals surface area contributed by atoms with Gasteiger partial charge in [0.2, 0.25) is 5.91 Å². The number of rotatable bonds is 6. The molecule has 0 aromatic rings. The van der Waals surface area contributed by atoms with Crippen LogP contribution in [0.15, 0.2) is 0 Å². The highest BCUT2D eigenvalue weighted by Crippen LogP contribution is 2.12. The van der Waals surface area contributed by atoms with E-state index in [4.69, 9.17) is 5.73 Å². The fraction of sp³-hybridized carbons (Fsp3) is 0.923. The van der Waals surface area contributed by atoms with Crippen LogP contribution in [0.1, 0.15) is 48.0 Å². The van der Waals surface area contributed by atoms with Gasteiger partial charge in [0.05, 0.1) is 6.04 Å². The first-order chi connectivity index (χ1) is 7.31. The quantitative estimate of drug-likeness (QED) is 0.758. The lowest BCUT2D eigenvalue weighted by Crippen LogP contribution is -2.50. The van der Waals surface area contributed by atoms with E-state index < -0.39 is 0 Å². The highest BCUT2D eigenvalue weighted by atomic mass is 16.2. The van der Waals surface area contributed by atoms with Gasteiger partial charge in [0, 0.05) is 12.6 Å². The summed E-state index contributed by atoms with van der Waals surface area (Å²) in [5.74, 6) is 0.828. The van der Waals surface area contributed by atoms with Crippen molar-refractivity contribution in [3.05, 3.63) is 0 Å². The molecule has 16 heavy (non-hydrogen) atoms. The number of carbonyl (C=O) groups is 1. The van der Waals surface area contributed by atoms with Crippen LogP contribution in [0.5, 0.6) is 0 Å². The highest BCUT2D eigenvalue weighted by Gasteiger charge is 2.26. The third kappa shape index (κ3) is 4.52. The second-order valence-corrected chi connectivity index (χ2v) is 5.39. The minimum absolute atomic E-state index is 0.0954. The minimum Gasteiger partial charge on any atom is -0.339 e. The lowest BCUT2D eigenvalue weighted by Gasteiger charge is -2.32. The molecule has 0 fully saturated rings. The van der Waals surface area contributed by atoms with Gasteiger partial charge in [0.25, 0.3) is 0 Å². The van der Waals surface area contributed by atoms with Crippen LogP contribution >= 0.6 is 0 Å². The fourth-order valence-corrected chi connectivity index (χ4v) is 1.64. The lowest BCUT2D eigenvalue weighted by atomic mass is 9.98. The topological polar surface area (TPSA) is 46.3 Å². The van der Waals surface area contributed by atoms with Gasteiger partial charge >= 0.3 is 0 Å². The van der Waals surface area contributed by atoms with E-state index in [1.807, 2.05) is 25.7 Å². The number of nitrogens with zero attached hydrogens (tertiary/aromatic N) is 1. The van der Waals surface area contributed by atoms with Crippen LogP contribution in [0.4, 0.5) is 0 Å². The van der Waals surface area contributed by atoms with E-state index in [0.717, 1.165) is 13.0 Å². The average molecular weight is 228 g/mol. The van der Waals surface area contributed by atoms with Gasteiger partial charge in [0.15, 0.2) is 0 Å². The second kappa shape index (κ2) is 6.89. The average Bonchev–Trinajstić information content (AvgIpc) is 2.22. The summed E-state index contributed by atoms with van der Waals surface area (Å²) in [7, 11) is 0. The smallest absolute Gasteiger partial charge is 0.239 e. The summed E-state index contributed by atoms with van der Waals surface area (Å²) in [5, 5.41) is 0. The maximum Gasteiger partial charge on any atom is 0.239 e. The van der Waals surface area contributed by atoms with Gasteiger partial charge in [-0.1, -0.05) is 34.1 Å². The molecule has 0 aromatic carbocycles. The summed E-state index contributed by atoms with van der Waals surface area (Å²) >= 11 is 0. The van der Waals surface area contributed by atoms with Gasteiger partial charge < -0.3 is 10.6 Å². The molecular formula is C13H28N2O. The third-order valence-electron chi connectivity index (χ3n) is 3.01. The van der Waals surface area contributed by atoms with E-state index in [1.165, 1.54) is 0 Å². The van der Waals surface area contributed by atoms with E-state index in [-0.39, 0.29) is 23.9 Å². The largest absolute Gasteiger partial charge is 0.339 e. The zero-order chi connectivity index (χ0) is 12.9. The zero-order valence-electron chi connectivity index (χ0n) is 11.7. The van der Waals surface area contributed by atoms with Gasteiger partial charge in [-0.15, -0.1) is 0 Å². The molecule has 2 atom stereocenters. The van der Waals surface area contributed by atoms with Crippen LogP contribution in [0.2, 0.25) is 0 Å². The number of nitrogens with two attached hydrogens (primary N) is 1. The van der Waals surface area contributed by atoms with Crippen molar-refractivity contribution in [1.29, 1.82) is 0 Å². The molecule has 2 N–H and O–H groups in total. The Hall–Kier alpha value is -0.570. The molecule has 1 unspecified atom stereocenters. The zero-order valence-corrected chi connectivity index (χ0v) is 11.7. The molecule has 0 spiro atoms. The van der Waals surface area contributed by atoms with Crippen molar-refractivity contribution in [3.8, 4) is 0 Å². The summed E-state index contributed by atoms with van der Waals surface area (Å²) in [4.78, 5) is 14.1. The number of hydrogen-bond donors (Lipinski definition) is 1. The molecule has 0 radical (unpaired) electrons. The minimum atomic E-state index is -0.355. The van der Waals surface area contributed by atoms with Crippen LogP contribution in [-0.4, -0.2) is 29.4 Å². The first kappa shape index (κ1) is 15.4. The predicted molar refractivity (Wildman–Crippen MR) is 69.1 cm³/mol. The Morgan fingerprint density at radius 3 is 2.00 bits per heavy atom. The van der Waals surface area contributed by atoms with Crippen LogP contribution in [0.3, 0.4) is 0 Å². The van der Waals surface area contributed by atoms with Gasteiger partial charge in [0.1, 0.15) is 0 Å². The molecule has 0 saturated heterocycles. The van der Waals surface area contributed by atoms with Crippen LogP contribution < -0.4 is 5.73 Å². The normalized spacial score (nSPS) is 15.3. The second-order valence-electron chi connectivity index (χ2n) is 5.39. The summed E-state index contributed by atoms with van der Waals surface area (Å²) in [6.07, 6.45) is 0.945. The Bertz CT molecular complexity index is 214. The van der Waals surface area contributed by atoms with Crippen molar-refractivity contribution in [1.82, 2.24) is 4.90 Å². The SMILES string of the molecule is CCC(C)[C@H](N)C(=O)N(CC(C)C)C(C)C. The van der Waals surface area contributed by atoms with Gasteiger partial charge in [-0.2, -0.15) is 0 Å². The molecule has 1 amide bonds. The van der Waals surface area contributed by atoms with E-state index in [2.05, 4.69) is 20.8 Å². The van der Waals surface area contributed by atoms with Gasteiger partial charge in [-0.05, 0) is 25.7 Å². The number of hydrogen-bond acceptors (Lipinski definition) is 2. The van der Waals surface area contributed by atoms with Crippen molar-refractivity contribution in [3.63, 3.8) is 0 Å². The monoisotopic (exact) mass is 228 g/mol. The van der Waals surface area contributed by atoms with E-state index in [0.29, 0.717) is 5.92 Å². The fourth-order valence-electron chi connectivity index (χ4n) is 1.64. The van der Waals surface area contributed by atoms with E-state index in [1.54, 1.807) is 0 Å². The molecule has 0 rings (SSSR count). The van der Waals surface area contributed by atoms with Crippen LogP contribution in [0, 0.1) is 11.8 Å². The van der Waals surface area contributed by atoms with Crippen molar-refractivity contribution in [2.24, 2.45) is 17.6 Å². The van der Waals surface area contributed by atoms with Crippen LogP contribution in [-0.2, 0) is 4.79 Å². The Balaban J connectivity index is 4.61. The molecule has 0 aromatic heterocycles. The summed E-state index contributed by atoms with van der Waals surface area (Å²) in [6, 6.07) is -0.129. The Labute approximate surface area is 100 Å². The summed E-state index contributed by atoms with van der Waals surface area (Å²) in [5.41, 5.74) is 5.99. The lowest BCUT2D eigenvalue weighted by molar-refractivity contribution is -0.136. The first-order valence-corrected chi connectivity index (χ1v) is 6.37. The molecule has 96 valence electrons. The molecule has 0 aliphatic heterocycles. The molecule has 0 bridgehead atoms. The first-order valence-electron chi connectivity index (χ1n) is 6.37. The van der Waals surface area contributed by atoms with Crippen molar-refractivity contribution in [2.75, 3.05) is 6.54 Å². The molecule has 0 heterocycles. The molecule has 0 aliphatic carbocycles. The van der Waals surface area contributed by atoms with Crippen molar-refractivity contribution >= 4 is 5.91 Å². The molecular weight excluding hydrogens is 200 g/mol. The maximum atomic E-state index is 12.2. The number of amides is 1. The standard InChI is InChI=1S/C13H28N2O/c1-7-11(6)12(14)13(16)15(10(4)5)8-9(2)3/h9-12H,7-8,14H2,1-6H3/t11?,12-/m0/s1. The van der Waals surface area contributed by atoms with E-state index in [9.17, 15) is 4.79 Å². The Kier molecular flexibility index (Phi) is 6.65. The highest BCUT2D eigenvalue weighted by molar-refractivity contribution is 5.82. The van der Waals surface area contributed by atoms with Gasteiger partial charge in [-0.25, -0.2) is 0 Å². The van der Waals surface area contributed by atoms with Crippen molar-refractivity contribution < 1.29 is 4.79 Å². The number of carbonyl (C=O) groups excluding carboxylic acids is 1. The molecule has 0 saturated carbocycles. The van der Waals surface area contributed by atoms with Gasteiger partial charge in [-0.3, -0.25) is 4.79 Å². The Morgan fingerprint density at radius 1 is 1.19 bits per heavy atom. The molecule has 0 aliphatic rings. The Morgan fingerprint density at radius 2 is 1.69 bits per heavy atom. The summed E-state index contributed by atoms with van der Waals surface area (Å²) < 4.78 is 0. The molecule has 3 nitrogen and oxygen atoms in total. The predicted octanol–water partition coefficient (Wildman–Crippen LogP) is 2.25. The third-order valence-corrected chi connectivity index (χ3v) is 3.01. The van der Waals surface area contributed by atoms with Crippen LogP contribution in [0.25, 0.3) is 0 Å². The summed E-state index contributed by atoms with van der Waals surface area (Å²) in [6.45, 7) is 13.2. The van der Waals surface area contributed by atoms with E-state index >= 15 is 0 Å². The maximum absolute atomic E-state index is 12.2. The van der Waals surface area contributed by atoms with Crippen molar-refractivity contribution in [2.45, 2.75) is 60.0 Å². The molecule has 3 heteroatoms.